The second kappa shape index (κ2) is 9.74. The first-order valence-electron chi connectivity index (χ1n) is 9.85. The van der Waals surface area contributed by atoms with Crippen LogP contribution in [0.5, 0.6) is 0 Å². The first-order chi connectivity index (χ1) is 15.1. The monoisotopic (exact) mass is 489 g/mol. The normalized spacial score (nSPS) is 16.9. The number of nitrogens with zero attached hydrogens (tertiary/aromatic N) is 4. The Balaban J connectivity index is 2.18. The van der Waals surface area contributed by atoms with Gasteiger partial charge in [-0.1, -0.05) is 0 Å². The van der Waals surface area contributed by atoms with Crippen LogP contribution >= 0.6 is 0 Å². The minimum atomic E-state index is -4.56. The molecule has 9 N–H and O–H groups in total. The molecule has 3 rings (SSSR count). The highest BCUT2D eigenvalue weighted by Crippen LogP contribution is 2.39. The molecule has 1 aromatic heterocycles. The van der Waals surface area contributed by atoms with Gasteiger partial charge in [-0.25, -0.2) is 31.8 Å². The maximum absolute atomic E-state index is 12.9. The fourth-order valence-corrected chi connectivity index (χ4v) is 6.25. The first-order valence-corrected chi connectivity index (χ1v) is 12.9. The smallest absolute Gasteiger partial charge is 0.242 e. The Morgan fingerprint density at radius 3 is 2.44 bits per heavy atom. The van der Waals surface area contributed by atoms with Crippen LogP contribution in [-0.4, -0.2) is 81.4 Å². The number of piperidine rings is 1. The van der Waals surface area contributed by atoms with Gasteiger partial charge in [-0.2, -0.15) is 0 Å². The number of nitrogens with two attached hydrogens (primary N) is 3. The van der Waals surface area contributed by atoms with Gasteiger partial charge in [0, 0.05) is 31.9 Å². The van der Waals surface area contributed by atoms with Crippen molar-refractivity contribution in [2.45, 2.75) is 28.7 Å². The van der Waals surface area contributed by atoms with Gasteiger partial charge >= 0.3 is 0 Å². The Kier molecular flexibility index (Phi) is 7.43. The van der Waals surface area contributed by atoms with Crippen LogP contribution in [0.2, 0.25) is 0 Å². The molecule has 1 aliphatic rings. The van der Waals surface area contributed by atoms with Crippen molar-refractivity contribution in [1.82, 2.24) is 25.3 Å². The van der Waals surface area contributed by atoms with Crippen molar-refractivity contribution >= 4 is 25.7 Å². The maximum atomic E-state index is 12.9. The number of hydrogen-bond donors (Lipinski definition) is 6. The molecule has 0 bridgehead atoms. The molecular formula is C16H27N9O5S2. The van der Waals surface area contributed by atoms with E-state index in [9.17, 15) is 21.9 Å². The largest absolute Gasteiger partial charge is 0.390 e. The molecule has 14 nitrogen and oxygen atoms in total. The number of aliphatic hydroxyl groups excluding tert-OH is 1. The zero-order valence-corrected chi connectivity index (χ0v) is 18.8. The van der Waals surface area contributed by atoms with Crippen molar-refractivity contribution in [3.63, 3.8) is 0 Å². The van der Waals surface area contributed by atoms with E-state index in [0.29, 0.717) is 31.2 Å². The number of rotatable bonds is 9. The Morgan fingerprint density at radius 1 is 1.22 bits per heavy atom. The zero-order valence-electron chi connectivity index (χ0n) is 17.2. The van der Waals surface area contributed by atoms with Gasteiger partial charge in [0.1, 0.15) is 9.79 Å². The molecule has 2 aromatic rings. The molecule has 1 saturated heterocycles. The molecule has 1 aliphatic heterocycles. The third kappa shape index (κ3) is 5.22. The number of sulfonamides is 2. The molecular weight excluding hydrogens is 462 g/mol. The molecule has 32 heavy (non-hydrogen) atoms. The van der Waals surface area contributed by atoms with Gasteiger partial charge in [0.25, 0.3) is 0 Å². The van der Waals surface area contributed by atoms with E-state index in [4.69, 9.17) is 16.6 Å². The summed E-state index contributed by atoms with van der Waals surface area (Å²) in [7, 11) is -8.96. The summed E-state index contributed by atoms with van der Waals surface area (Å²) >= 11 is 0. The van der Waals surface area contributed by atoms with E-state index < -0.39 is 42.5 Å². The van der Waals surface area contributed by atoms with E-state index in [1.807, 2.05) is 4.90 Å². The number of H-pyrrole nitrogens is 1. The van der Waals surface area contributed by atoms with Crippen molar-refractivity contribution in [1.29, 1.82) is 0 Å². The summed E-state index contributed by atoms with van der Waals surface area (Å²) in [6.07, 6.45) is 0.422. The van der Waals surface area contributed by atoms with Crippen LogP contribution in [0.4, 0.5) is 5.69 Å². The van der Waals surface area contributed by atoms with Crippen LogP contribution in [0.15, 0.2) is 21.9 Å². The van der Waals surface area contributed by atoms with Crippen molar-refractivity contribution in [3.8, 4) is 11.4 Å². The number of aliphatic hydroxyl groups is 1. The third-order valence-corrected chi connectivity index (χ3v) is 7.91. The third-order valence-electron chi connectivity index (χ3n) is 5.33. The van der Waals surface area contributed by atoms with Gasteiger partial charge < -0.3 is 21.5 Å². The first kappa shape index (κ1) is 24.4. The van der Waals surface area contributed by atoms with Gasteiger partial charge in [-0.05, 0) is 47.9 Å². The van der Waals surface area contributed by atoms with Gasteiger partial charge in [0.2, 0.25) is 20.0 Å². The fraction of sp³-hybridized carbons (Fsp3) is 0.562. The lowest BCUT2D eigenvalue weighted by Gasteiger charge is -2.34. The van der Waals surface area contributed by atoms with Crippen molar-refractivity contribution in [2.24, 2.45) is 22.5 Å². The van der Waals surface area contributed by atoms with Gasteiger partial charge in [0.15, 0.2) is 5.82 Å². The maximum Gasteiger partial charge on any atom is 0.242 e. The van der Waals surface area contributed by atoms with E-state index in [1.165, 1.54) is 6.07 Å². The lowest BCUT2D eigenvalue weighted by Crippen LogP contribution is -2.38. The summed E-state index contributed by atoms with van der Waals surface area (Å²) in [6, 6.07) is 2.65. The highest BCUT2D eigenvalue weighted by molar-refractivity contribution is 7.92. The second-order valence-corrected chi connectivity index (χ2v) is 10.7. The molecule has 1 atom stereocenters. The summed E-state index contributed by atoms with van der Waals surface area (Å²) in [4.78, 5) is 0.682. The Hall–Kier alpha value is -2.21. The molecule has 0 spiro atoms. The highest BCUT2D eigenvalue weighted by Gasteiger charge is 2.33. The molecule has 2 heterocycles. The number of aromatic amines is 1. The van der Waals surface area contributed by atoms with Crippen LogP contribution in [0.1, 0.15) is 12.8 Å². The number of anilines is 1. The van der Waals surface area contributed by atoms with Gasteiger partial charge in [-0.3, -0.25) is 0 Å². The van der Waals surface area contributed by atoms with Crippen LogP contribution in [0, 0.1) is 5.92 Å². The van der Waals surface area contributed by atoms with E-state index in [2.05, 4.69) is 25.3 Å². The minimum Gasteiger partial charge on any atom is -0.390 e. The Labute approximate surface area is 185 Å². The summed E-state index contributed by atoms with van der Waals surface area (Å²) < 4.78 is 53.3. The Morgan fingerprint density at radius 2 is 1.91 bits per heavy atom. The second-order valence-electron chi connectivity index (χ2n) is 7.49. The average molecular weight is 490 g/mol. The number of tetrazole rings is 1. The van der Waals surface area contributed by atoms with E-state index in [1.54, 1.807) is 0 Å². The zero-order chi connectivity index (χ0) is 23.5. The molecule has 0 saturated carbocycles. The molecule has 0 radical (unpaired) electrons. The number of benzene rings is 1. The number of primary sulfonamides is 1. The predicted octanol–water partition coefficient (Wildman–Crippen LogP) is -2.71. The SMILES string of the molecule is NCC1CCN(c2ccc(S(=O)(=O)NC[C@H](O)CN)c(S(N)(=O)=O)c2-c2nnn[nH]2)CC1. The standard InChI is InChI=1S/C16H27N9O5S2/c17-7-10-3-5-25(6-4-10)12-1-2-13(32(29,30)20-9-11(26)8-18)15(31(19,27)28)14(12)16-21-23-24-22-16/h1-2,10-11,20,26H,3-9,17-18H2,(H2,19,27,28)(H,21,22,23,24)/t11-/m1/s1. The Bertz CT molecular complexity index is 1130. The van der Waals surface area contributed by atoms with E-state index >= 15 is 0 Å². The number of aromatic nitrogens is 4. The van der Waals surface area contributed by atoms with Crippen LogP contribution in [0.25, 0.3) is 11.4 Å². The molecule has 1 aromatic carbocycles. The predicted molar refractivity (Wildman–Crippen MR) is 115 cm³/mol. The van der Waals surface area contributed by atoms with Crippen LogP contribution < -0.4 is 26.2 Å². The molecule has 16 heteroatoms. The summed E-state index contributed by atoms with van der Waals surface area (Å²) in [6.45, 7) is 1.11. The van der Waals surface area contributed by atoms with Crippen molar-refractivity contribution < 1.29 is 21.9 Å². The lowest BCUT2D eigenvalue weighted by atomic mass is 9.96. The lowest BCUT2D eigenvalue weighted by molar-refractivity contribution is 0.186. The van der Waals surface area contributed by atoms with Crippen LogP contribution in [0.3, 0.4) is 0 Å². The number of hydrogen-bond acceptors (Lipinski definition) is 11. The molecule has 1 fully saturated rings. The molecule has 0 unspecified atom stereocenters. The minimum absolute atomic E-state index is 0.0500. The molecule has 178 valence electrons. The summed E-state index contributed by atoms with van der Waals surface area (Å²) in [5.74, 6) is 0.293. The molecule has 0 amide bonds. The van der Waals surface area contributed by atoms with Crippen molar-refractivity contribution in [2.75, 3.05) is 37.6 Å². The highest BCUT2D eigenvalue weighted by atomic mass is 32.2. The van der Waals surface area contributed by atoms with Gasteiger partial charge in [-0.15, -0.1) is 5.10 Å². The van der Waals surface area contributed by atoms with Crippen LogP contribution in [-0.2, 0) is 20.0 Å². The fourth-order valence-electron chi connectivity index (χ4n) is 3.58. The summed E-state index contributed by atoms with van der Waals surface area (Å²) in [5, 5.41) is 28.4. The van der Waals surface area contributed by atoms with Crippen molar-refractivity contribution in [3.05, 3.63) is 12.1 Å². The quantitative estimate of drug-likeness (QED) is 0.212. The summed E-state index contributed by atoms with van der Waals surface area (Å²) in [5.41, 5.74) is 11.4. The van der Waals surface area contributed by atoms with E-state index in [-0.39, 0.29) is 17.9 Å². The average Bonchev–Trinajstić information content (AvgIpc) is 3.30. The molecule has 0 aliphatic carbocycles. The van der Waals surface area contributed by atoms with E-state index in [0.717, 1.165) is 18.9 Å². The topological polar surface area (TPSA) is 236 Å². The van der Waals surface area contributed by atoms with Gasteiger partial charge in [0.05, 0.1) is 11.7 Å². The number of nitrogens with one attached hydrogen (secondary N) is 2.